The molecule has 1 aliphatic rings. The molecule has 1 aliphatic carbocycles. The van der Waals surface area contributed by atoms with Crippen LogP contribution in [0.4, 0.5) is 0 Å². The fraction of sp³-hybridized carbons (Fsp3) is 0.571. The van der Waals surface area contributed by atoms with E-state index in [9.17, 15) is 4.79 Å². The van der Waals surface area contributed by atoms with Gasteiger partial charge in [-0.15, -0.1) is 0 Å². The van der Waals surface area contributed by atoms with E-state index in [0.717, 1.165) is 36.3 Å². The molecule has 0 heterocycles. The summed E-state index contributed by atoms with van der Waals surface area (Å²) in [5.41, 5.74) is 1.85. The van der Waals surface area contributed by atoms with E-state index in [-0.39, 0.29) is 5.97 Å². The third-order valence-corrected chi connectivity index (χ3v) is 8.13. The van der Waals surface area contributed by atoms with Crippen LogP contribution in [0.3, 0.4) is 0 Å². The summed E-state index contributed by atoms with van der Waals surface area (Å²) in [6.45, 7) is 7.53. The molecule has 0 aromatic heterocycles. The lowest BCUT2D eigenvalue weighted by Gasteiger charge is -2.26. The summed E-state index contributed by atoms with van der Waals surface area (Å²) in [7, 11) is 0. The number of carbonyl (C=O) groups excluding carboxylic acids is 1. The van der Waals surface area contributed by atoms with Crippen molar-refractivity contribution in [3.8, 4) is 11.5 Å². The summed E-state index contributed by atoms with van der Waals surface area (Å²) in [5.74, 6) is 3.51. The highest BCUT2D eigenvalue weighted by Gasteiger charge is 2.19. The first-order valence-corrected chi connectivity index (χ1v) is 15.3. The number of rotatable bonds is 16. The normalized spacial score (nSPS) is 18.4. The van der Waals surface area contributed by atoms with E-state index >= 15 is 0 Å². The van der Waals surface area contributed by atoms with Crippen molar-refractivity contribution < 1.29 is 14.3 Å². The van der Waals surface area contributed by atoms with E-state index in [4.69, 9.17) is 9.47 Å². The van der Waals surface area contributed by atoms with Crippen molar-refractivity contribution in [3.63, 3.8) is 0 Å². The number of hydrogen-bond donors (Lipinski definition) is 0. The number of ether oxygens (including phenoxy) is 2. The maximum absolute atomic E-state index is 12.6. The first kappa shape index (κ1) is 30.0. The number of carbonyl (C=O) groups is 1. The first-order valence-electron chi connectivity index (χ1n) is 15.3. The lowest BCUT2D eigenvalue weighted by atomic mass is 9.79. The standard InChI is InChI=1S/C35H50O3/c1-4-6-8-12-29-13-15-30(16-14-29)17-18-31-19-23-34(24-20-31)38-35(36)32-21-25-33(26-22-32)37-27-10-7-9-11-28(3)5-2/h8,12,19-26,28-30H,4-7,9-11,13-18,27H2,1-3H3/t28-,29-,30-/m0/s1. The summed E-state index contributed by atoms with van der Waals surface area (Å²) >= 11 is 0. The molecule has 0 aliphatic heterocycles. The molecular formula is C35H50O3. The van der Waals surface area contributed by atoms with Gasteiger partial charge in [0, 0.05) is 0 Å². The lowest BCUT2D eigenvalue weighted by Crippen LogP contribution is -2.13. The summed E-state index contributed by atoms with van der Waals surface area (Å²) in [4.78, 5) is 12.6. The SMILES string of the molecule is CCCC=C[C@H]1CC[C@H](CCc2ccc(OC(=O)c3ccc(OCCCCC[C@@H](C)CC)cc3)cc2)CC1. The fourth-order valence-electron chi connectivity index (χ4n) is 5.24. The second-order valence-corrected chi connectivity index (χ2v) is 11.3. The van der Waals surface area contributed by atoms with Crippen LogP contribution in [0.2, 0.25) is 0 Å². The maximum atomic E-state index is 12.6. The Hall–Kier alpha value is -2.55. The second kappa shape index (κ2) is 17.1. The highest BCUT2D eigenvalue weighted by atomic mass is 16.5. The molecule has 0 amide bonds. The third kappa shape index (κ3) is 11.1. The molecule has 0 N–H and O–H groups in total. The van der Waals surface area contributed by atoms with E-state index in [1.165, 1.54) is 76.2 Å². The van der Waals surface area contributed by atoms with Crippen molar-refractivity contribution in [2.45, 2.75) is 104 Å². The van der Waals surface area contributed by atoms with E-state index in [1.54, 1.807) is 12.1 Å². The van der Waals surface area contributed by atoms with Crippen LogP contribution < -0.4 is 9.47 Å². The van der Waals surface area contributed by atoms with Gasteiger partial charge in [-0.3, -0.25) is 0 Å². The Labute approximate surface area is 232 Å². The maximum Gasteiger partial charge on any atom is 0.343 e. The Bertz CT molecular complexity index is 936. The molecule has 0 radical (unpaired) electrons. The zero-order valence-corrected chi connectivity index (χ0v) is 24.1. The zero-order valence-electron chi connectivity index (χ0n) is 24.1. The number of benzene rings is 2. The molecule has 3 nitrogen and oxygen atoms in total. The zero-order chi connectivity index (χ0) is 27.0. The topological polar surface area (TPSA) is 35.5 Å². The molecule has 2 aromatic rings. The average molecular weight is 519 g/mol. The predicted octanol–water partition coefficient (Wildman–Crippen LogP) is 9.99. The van der Waals surface area contributed by atoms with Gasteiger partial charge in [0.25, 0.3) is 0 Å². The highest BCUT2D eigenvalue weighted by Crippen LogP contribution is 2.32. The third-order valence-electron chi connectivity index (χ3n) is 8.13. The van der Waals surface area contributed by atoms with Crippen LogP contribution in [0.15, 0.2) is 60.7 Å². The van der Waals surface area contributed by atoms with Gasteiger partial charge in [0.2, 0.25) is 0 Å². The molecule has 208 valence electrons. The van der Waals surface area contributed by atoms with Crippen molar-refractivity contribution in [2.24, 2.45) is 17.8 Å². The van der Waals surface area contributed by atoms with Crippen molar-refractivity contribution in [2.75, 3.05) is 6.61 Å². The number of aryl methyl sites for hydroxylation is 1. The minimum absolute atomic E-state index is 0.334. The van der Waals surface area contributed by atoms with Gasteiger partial charge in [0.15, 0.2) is 0 Å². The minimum atomic E-state index is -0.334. The van der Waals surface area contributed by atoms with Gasteiger partial charge >= 0.3 is 5.97 Å². The van der Waals surface area contributed by atoms with E-state index in [1.807, 2.05) is 24.3 Å². The largest absolute Gasteiger partial charge is 0.494 e. The second-order valence-electron chi connectivity index (χ2n) is 11.3. The van der Waals surface area contributed by atoms with Crippen molar-refractivity contribution in [3.05, 3.63) is 71.8 Å². The molecule has 3 heteroatoms. The van der Waals surface area contributed by atoms with Crippen LogP contribution in [0.5, 0.6) is 11.5 Å². The van der Waals surface area contributed by atoms with Crippen LogP contribution in [-0.4, -0.2) is 12.6 Å². The fourth-order valence-corrected chi connectivity index (χ4v) is 5.24. The van der Waals surface area contributed by atoms with Crippen LogP contribution in [0.25, 0.3) is 0 Å². The summed E-state index contributed by atoms with van der Waals surface area (Å²) in [6.07, 6.45) is 21.1. The van der Waals surface area contributed by atoms with E-state index in [0.29, 0.717) is 17.9 Å². The number of esters is 1. The number of unbranched alkanes of at least 4 members (excludes halogenated alkanes) is 3. The van der Waals surface area contributed by atoms with Crippen LogP contribution >= 0.6 is 0 Å². The van der Waals surface area contributed by atoms with Gasteiger partial charge < -0.3 is 9.47 Å². The van der Waals surface area contributed by atoms with Crippen molar-refractivity contribution in [1.29, 1.82) is 0 Å². The van der Waals surface area contributed by atoms with Gasteiger partial charge in [-0.25, -0.2) is 4.79 Å². The average Bonchev–Trinajstić information content (AvgIpc) is 2.95. The Balaban J connectivity index is 1.33. The molecule has 1 atom stereocenters. The van der Waals surface area contributed by atoms with Crippen LogP contribution in [-0.2, 0) is 6.42 Å². The molecule has 2 aromatic carbocycles. The molecule has 0 bridgehead atoms. The van der Waals surface area contributed by atoms with Gasteiger partial charge in [-0.05, 0) is 111 Å². The molecule has 38 heavy (non-hydrogen) atoms. The molecule has 0 saturated heterocycles. The Morgan fingerprint density at radius 1 is 0.921 bits per heavy atom. The summed E-state index contributed by atoms with van der Waals surface area (Å²) in [5, 5.41) is 0. The summed E-state index contributed by atoms with van der Waals surface area (Å²) < 4.78 is 11.5. The molecule has 3 rings (SSSR count). The van der Waals surface area contributed by atoms with Gasteiger partial charge in [-0.1, -0.05) is 77.2 Å². The molecular weight excluding hydrogens is 468 g/mol. The number of hydrogen-bond acceptors (Lipinski definition) is 3. The van der Waals surface area contributed by atoms with Gasteiger partial charge in [0.1, 0.15) is 11.5 Å². The molecule has 1 saturated carbocycles. The number of allylic oxidation sites excluding steroid dienone is 2. The monoisotopic (exact) mass is 518 g/mol. The van der Waals surface area contributed by atoms with Crippen molar-refractivity contribution >= 4 is 5.97 Å². The lowest BCUT2D eigenvalue weighted by molar-refractivity contribution is 0.0734. The molecule has 0 spiro atoms. The Kier molecular flexibility index (Phi) is 13.5. The highest BCUT2D eigenvalue weighted by molar-refractivity contribution is 5.91. The van der Waals surface area contributed by atoms with Crippen LogP contribution in [0, 0.1) is 17.8 Å². The van der Waals surface area contributed by atoms with E-state index in [2.05, 4.69) is 45.1 Å². The predicted molar refractivity (Wildman–Crippen MR) is 159 cm³/mol. The van der Waals surface area contributed by atoms with E-state index < -0.39 is 0 Å². The summed E-state index contributed by atoms with van der Waals surface area (Å²) in [6, 6.07) is 15.3. The Morgan fingerprint density at radius 3 is 2.32 bits per heavy atom. The van der Waals surface area contributed by atoms with Crippen molar-refractivity contribution in [1.82, 2.24) is 0 Å². The minimum Gasteiger partial charge on any atom is -0.494 e. The van der Waals surface area contributed by atoms with Gasteiger partial charge in [-0.2, -0.15) is 0 Å². The molecule has 0 unspecified atom stereocenters. The first-order chi connectivity index (χ1) is 18.6. The molecule has 1 fully saturated rings. The van der Waals surface area contributed by atoms with Gasteiger partial charge in [0.05, 0.1) is 12.2 Å². The smallest absolute Gasteiger partial charge is 0.343 e. The quantitative estimate of drug-likeness (QED) is 0.0959. The Morgan fingerprint density at radius 2 is 1.63 bits per heavy atom. The van der Waals surface area contributed by atoms with Crippen LogP contribution in [0.1, 0.15) is 114 Å².